The first-order valence-electron chi connectivity index (χ1n) is 8.35. The Hall–Kier alpha value is -2.92. The van der Waals surface area contributed by atoms with Gasteiger partial charge in [-0.05, 0) is 19.1 Å². The molecule has 0 aliphatic carbocycles. The number of aliphatic hydroxyl groups is 1. The summed E-state index contributed by atoms with van der Waals surface area (Å²) in [5.74, 6) is -0.127. The molecule has 3 rings (SSSR count). The number of aliphatic hydroxyl groups excluding tert-OH is 1. The van der Waals surface area contributed by atoms with Gasteiger partial charge in [-0.1, -0.05) is 48.5 Å². The van der Waals surface area contributed by atoms with Gasteiger partial charge in [-0.2, -0.15) is 5.10 Å². The average Bonchev–Trinajstić information content (AvgIpc) is 3.12. The first-order chi connectivity index (χ1) is 12.2. The molecule has 0 saturated carbocycles. The zero-order valence-electron chi connectivity index (χ0n) is 14.2. The molecule has 0 radical (unpaired) electrons. The van der Waals surface area contributed by atoms with Crippen LogP contribution in [0.2, 0.25) is 0 Å². The molecule has 5 nitrogen and oxygen atoms in total. The monoisotopic (exact) mass is 335 g/mol. The van der Waals surface area contributed by atoms with Gasteiger partial charge in [0, 0.05) is 24.8 Å². The third-order valence-electron chi connectivity index (χ3n) is 4.05. The highest BCUT2D eigenvalue weighted by atomic mass is 16.3. The Morgan fingerprint density at radius 3 is 2.32 bits per heavy atom. The van der Waals surface area contributed by atoms with Gasteiger partial charge in [0.05, 0.1) is 17.9 Å². The number of para-hydroxylation sites is 1. The van der Waals surface area contributed by atoms with Gasteiger partial charge in [0.2, 0.25) is 0 Å². The summed E-state index contributed by atoms with van der Waals surface area (Å²) in [6.45, 7) is 2.68. The molecule has 0 atom stereocenters. The Morgan fingerprint density at radius 2 is 1.72 bits per heavy atom. The predicted molar refractivity (Wildman–Crippen MR) is 97.7 cm³/mol. The maximum atomic E-state index is 13.0. The lowest BCUT2D eigenvalue weighted by atomic mass is 10.1. The predicted octanol–water partition coefficient (Wildman–Crippen LogP) is 2.99. The summed E-state index contributed by atoms with van der Waals surface area (Å²) >= 11 is 0. The molecule has 5 heteroatoms. The van der Waals surface area contributed by atoms with Crippen molar-refractivity contribution in [1.29, 1.82) is 0 Å². The fraction of sp³-hybridized carbons (Fsp3) is 0.200. The molecule has 1 aromatic heterocycles. The van der Waals surface area contributed by atoms with E-state index in [2.05, 4.69) is 5.10 Å². The van der Waals surface area contributed by atoms with Crippen LogP contribution in [0.3, 0.4) is 0 Å². The largest absolute Gasteiger partial charge is 0.395 e. The van der Waals surface area contributed by atoms with Gasteiger partial charge in [-0.15, -0.1) is 0 Å². The van der Waals surface area contributed by atoms with Crippen LogP contribution in [0.15, 0.2) is 66.9 Å². The van der Waals surface area contributed by atoms with Gasteiger partial charge in [-0.25, -0.2) is 4.68 Å². The molecule has 0 aliphatic heterocycles. The van der Waals surface area contributed by atoms with Crippen molar-refractivity contribution in [1.82, 2.24) is 14.7 Å². The van der Waals surface area contributed by atoms with E-state index in [1.807, 2.05) is 67.6 Å². The number of amides is 1. The van der Waals surface area contributed by atoms with Crippen molar-refractivity contribution in [2.45, 2.75) is 6.92 Å². The van der Waals surface area contributed by atoms with E-state index < -0.39 is 0 Å². The lowest BCUT2D eigenvalue weighted by molar-refractivity contribution is 0.0732. The van der Waals surface area contributed by atoms with E-state index in [0.717, 1.165) is 11.3 Å². The molecule has 0 fully saturated rings. The summed E-state index contributed by atoms with van der Waals surface area (Å²) in [5, 5.41) is 13.9. The maximum absolute atomic E-state index is 13.0. The molecular weight excluding hydrogens is 314 g/mol. The van der Waals surface area contributed by atoms with Crippen LogP contribution in [-0.4, -0.2) is 45.4 Å². The Bertz CT molecular complexity index is 829. The van der Waals surface area contributed by atoms with Crippen LogP contribution in [0.5, 0.6) is 0 Å². The van der Waals surface area contributed by atoms with Crippen molar-refractivity contribution in [3.8, 4) is 16.9 Å². The summed E-state index contributed by atoms with van der Waals surface area (Å²) in [5.41, 5.74) is 2.96. The van der Waals surface area contributed by atoms with E-state index in [-0.39, 0.29) is 12.5 Å². The smallest absolute Gasteiger partial charge is 0.257 e. The Balaban J connectivity index is 2.09. The van der Waals surface area contributed by atoms with Crippen molar-refractivity contribution < 1.29 is 9.90 Å². The Morgan fingerprint density at radius 1 is 1.08 bits per heavy atom. The van der Waals surface area contributed by atoms with E-state index in [4.69, 9.17) is 0 Å². The van der Waals surface area contributed by atoms with Crippen LogP contribution >= 0.6 is 0 Å². The van der Waals surface area contributed by atoms with Crippen LogP contribution in [0, 0.1) is 0 Å². The number of rotatable bonds is 6. The highest BCUT2D eigenvalue weighted by molar-refractivity contribution is 6.00. The molecule has 0 bridgehead atoms. The summed E-state index contributed by atoms with van der Waals surface area (Å²) < 4.78 is 1.72. The Kier molecular flexibility index (Phi) is 5.26. The third-order valence-corrected chi connectivity index (χ3v) is 4.05. The third kappa shape index (κ3) is 3.61. The van der Waals surface area contributed by atoms with Crippen LogP contribution in [0.4, 0.5) is 0 Å². The molecule has 128 valence electrons. The van der Waals surface area contributed by atoms with Crippen LogP contribution in [0.1, 0.15) is 17.3 Å². The lowest BCUT2D eigenvalue weighted by Gasteiger charge is -2.19. The topological polar surface area (TPSA) is 58.4 Å². The minimum absolute atomic E-state index is 0.0624. The molecule has 0 spiro atoms. The molecule has 3 aromatic rings. The van der Waals surface area contributed by atoms with Crippen molar-refractivity contribution >= 4 is 5.91 Å². The van der Waals surface area contributed by atoms with Gasteiger partial charge >= 0.3 is 0 Å². The lowest BCUT2D eigenvalue weighted by Crippen LogP contribution is -2.33. The van der Waals surface area contributed by atoms with E-state index in [1.54, 1.807) is 15.8 Å². The summed E-state index contributed by atoms with van der Waals surface area (Å²) in [7, 11) is 0. The van der Waals surface area contributed by atoms with Crippen molar-refractivity contribution in [2.75, 3.05) is 19.7 Å². The first-order valence-corrected chi connectivity index (χ1v) is 8.35. The standard InChI is InChI=1S/C20H21N3O2/c1-2-22(13-14-24)20(25)18-15-23(17-11-7-4-8-12-17)21-19(18)16-9-5-3-6-10-16/h3-12,15,24H,2,13-14H2,1H3. The van der Waals surface area contributed by atoms with Gasteiger partial charge < -0.3 is 10.0 Å². The number of benzene rings is 2. The highest BCUT2D eigenvalue weighted by Crippen LogP contribution is 2.24. The van der Waals surface area contributed by atoms with Crippen molar-refractivity contribution in [3.05, 3.63) is 72.4 Å². The van der Waals surface area contributed by atoms with E-state index in [1.165, 1.54) is 0 Å². The number of hydrogen-bond acceptors (Lipinski definition) is 3. The normalized spacial score (nSPS) is 10.6. The molecule has 1 N–H and O–H groups in total. The fourth-order valence-electron chi connectivity index (χ4n) is 2.75. The van der Waals surface area contributed by atoms with Gasteiger partial charge in [0.25, 0.3) is 5.91 Å². The first kappa shape index (κ1) is 16.9. The van der Waals surface area contributed by atoms with Crippen LogP contribution in [0.25, 0.3) is 16.9 Å². The molecule has 25 heavy (non-hydrogen) atoms. The van der Waals surface area contributed by atoms with Gasteiger partial charge in [0.15, 0.2) is 0 Å². The minimum atomic E-state index is -0.127. The van der Waals surface area contributed by atoms with Crippen LogP contribution in [-0.2, 0) is 0 Å². The molecule has 1 heterocycles. The summed E-state index contributed by atoms with van der Waals surface area (Å²) in [6.07, 6.45) is 1.76. The molecule has 2 aromatic carbocycles. The quantitative estimate of drug-likeness (QED) is 0.753. The maximum Gasteiger partial charge on any atom is 0.257 e. The van der Waals surface area contributed by atoms with E-state index >= 15 is 0 Å². The number of hydrogen-bond donors (Lipinski definition) is 1. The van der Waals surface area contributed by atoms with Gasteiger partial charge in [-0.3, -0.25) is 4.79 Å². The molecular formula is C20H21N3O2. The number of carbonyl (C=O) groups is 1. The number of nitrogens with zero attached hydrogens (tertiary/aromatic N) is 3. The number of likely N-dealkylation sites (N-methyl/N-ethyl adjacent to an activating group) is 1. The second kappa shape index (κ2) is 7.77. The molecule has 0 aliphatic rings. The molecule has 0 unspecified atom stereocenters. The summed E-state index contributed by atoms with van der Waals surface area (Å²) in [4.78, 5) is 14.6. The zero-order chi connectivity index (χ0) is 17.6. The van der Waals surface area contributed by atoms with Gasteiger partial charge in [0.1, 0.15) is 5.69 Å². The van der Waals surface area contributed by atoms with E-state index in [9.17, 15) is 9.90 Å². The summed E-state index contributed by atoms with van der Waals surface area (Å²) in [6, 6.07) is 19.4. The fourth-order valence-corrected chi connectivity index (χ4v) is 2.75. The second-order valence-corrected chi connectivity index (χ2v) is 5.65. The number of aromatic nitrogens is 2. The number of carbonyl (C=O) groups excluding carboxylic acids is 1. The molecule has 0 saturated heterocycles. The minimum Gasteiger partial charge on any atom is -0.395 e. The highest BCUT2D eigenvalue weighted by Gasteiger charge is 2.22. The van der Waals surface area contributed by atoms with Crippen LogP contribution < -0.4 is 0 Å². The Labute approximate surface area is 147 Å². The SMILES string of the molecule is CCN(CCO)C(=O)c1cn(-c2ccccc2)nc1-c1ccccc1. The van der Waals surface area contributed by atoms with E-state index in [0.29, 0.717) is 24.3 Å². The van der Waals surface area contributed by atoms with Crippen molar-refractivity contribution in [2.24, 2.45) is 0 Å². The molecule has 1 amide bonds. The zero-order valence-corrected chi connectivity index (χ0v) is 14.2. The van der Waals surface area contributed by atoms with Crippen molar-refractivity contribution in [3.63, 3.8) is 0 Å². The second-order valence-electron chi connectivity index (χ2n) is 5.65. The average molecular weight is 335 g/mol.